The van der Waals surface area contributed by atoms with E-state index in [1.165, 1.54) is 12.1 Å². The summed E-state index contributed by atoms with van der Waals surface area (Å²) >= 11 is 16.6. The number of aromatic hydroxyl groups is 1. The van der Waals surface area contributed by atoms with E-state index in [1.54, 1.807) is 0 Å². The molecule has 13 heavy (non-hydrogen) atoms. The maximum atomic E-state index is 11.1. The lowest BCUT2D eigenvalue weighted by molar-refractivity contribution is 0.101. The van der Waals surface area contributed by atoms with Gasteiger partial charge in [-0.25, -0.2) is 0 Å². The summed E-state index contributed by atoms with van der Waals surface area (Å²) in [5, 5.41) is 9.70. The van der Waals surface area contributed by atoms with Gasteiger partial charge in [0.2, 0.25) is 0 Å². The number of hydrogen-bond acceptors (Lipinski definition) is 2. The molecule has 0 bridgehead atoms. The van der Waals surface area contributed by atoms with Crippen molar-refractivity contribution in [3.8, 4) is 5.75 Å². The molecule has 70 valence electrons. The first-order chi connectivity index (χ1) is 6.06. The number of hydrogen-bond donors (Lipinski definition) is 1. The summed E-state index contributed by atoms with van der Waals surface area (Å²) < 4.78 is 0. The standard InChI is InChI=1S/C8H5Cl3O2/c9-3-7(13)8-5(11)1-4(10)2-6(8)12/h1-2,12H,3H2. The molecular weight excluding hydrogens is 234 g/mol. The molecule has 0 radical (unpaired) electrons. The third-order valence-corrected chi connectivity index (χ3v) is 2.19. The van der Waals surface area contributed by atoms with Crippen LogP contribution in [0.4, 0.5) is 0 Å². The van der Waals surface area contributed by atoms with E-state index in [0.717, 1.165) is 0 Å². The summed E-state index contributed by atoms with van der Waals surface area (Å²) in [6.07, 6.45) is 0. The quantitative estimate of drug-likeness (QED) is 0.636. The molecule has 1 aromatic carbocycles. The van der Waals surface area contributed by atoms with Gasteiger partial charge in [0, 0.05) is 5.02 Å². The van der Waals surface area contributed by atoms with Gasteiger partial charge in [-0.2, -0.15) is 0 Å². The first kappa shape index (κ1) is 10.6. The van der Waals surface area contributed by atoms with Crippen molar-refractivity contribution in [1.82, 2.24) is 0 Å². The van der Waals surface area contributed by atoms with Crippen LogP contribution in [0.5, 0.6) is 5.75 Å². The van der Waals surface area contributed by atoms with Gasteiger partial charge in [-0.05, 0) is 12.1 Å². The van der Waals surface area contributed by atoms with Crippen LogP contribution in [0.2, 0.25) is 10.0 Å². The van der Waals surface area contributed by atoms with Crippen molar-refractivity contribution < 1.29 is 9.90 Å². The second-order valence-corrected chi connectivity index (χ2v) is 3.45. The highest BCUT2D eigenvalue weighted by Gasteiger charge is 2.15. The average molecular weight is 239 g/mol. The normalized spacial score (nSPS) is 10.1. The number of ketones is 1. The summed E-state index contributed by atoms with van der Waals surface area (Å²) in [4.78, 5) is 11.1. The van der Waals surface area contributed by atoms with Gasteiger partial charge in [-0.1, -0.05) is 23.2 Å². The molecule has 0 atom stereocenters. The fourth-order valence-electron chi connectivity index (χ4n) is 0.903. The molecular formula is C8H5Cl3O2. The zero-order valence-electron chi connectivity index (χ0n) is 6.35. The smallest absolute Gasteiger partial charge is 0.182 e. The molecule has 2 nitrogen and oxygen atoms in total. The third-order valence-electron chi connectivity index (χ3n) is 1.43. The summed E-state index contributed by atoms with van der Waals surface area (Å²) in [6.45, 7) is 0. The lowest BCUT2D eigenvalue weighted by Gasteiger charge is -2.04. The number of carbonyl (C=O) groups is 1. The van der Waals surface area contributed by atoms with Gasteiger partial charge >= 0.3 is 0 Å². The molecule has 1 N–H and O–H groups in total. The maximum Gasteiger partial charge on any atom is 0.182 e. The van der Waals surface area contributed by atoms with E-state index in [1.807, 2.05) is 0 Å². The average Bonchev–Trinajstić information content (AvgIpc) is 2.02. The number of phenolic OH excluding ortho intramolecular Hbond substituents is 1. The molecule has 0 unspecified atom stereocenters. The van der Waals surface area contributed by atoms with E-state index >= 15 is 0 Å². The van der Waals surface area contributed by atoms with Gasteiger partial charge in [0.25, 0.3) is 0 Å². The number of benzene rings is 1. The highest BCUT2D eigenvalue weighted by molar-refractivity contribution is 6.39. The first-order valence-electron chi connectivity index (χ1n) is 3.33. The van der Waals surface area contributed by atoms with Crippen molar-refractivity contribution in [2.75, 3.05) is 5.88 Å². The second kappa shape index (κ2) is 4.18. The maximum absolute atomic E-state index is 11.1. The molecule has 0 aliphatic rings. The predicted octanol–water partition coefficient (Wildman–Crippen LogP) is 3.12. The van der Waals surface area contributed by atoms with Crippen molar-refractivity contribution >= 4 is 40.6 Å². The van der Waals surface area contributed by atoms with Crippen LogP contribution in [0.15, 0.2) is 12.1 Å². The SMILES string of the molecule is O=C(CCl)c1c(O)cc(Cl)cc1Cl. The van der Waals surface area contributed by atoms with Gasteiger partial charge in [0.1, 0.15) is 5.75 Å². The van der Waals surface area contributed by atoms with Crippen LogP contribution in [0.25, 0.3) is 0 Å². The number of phenols is 1. The first-order valence-corrected chi connectivity index (χ1v) is 4.62. The summed E-state index contributed by atoms with van der Waals surface area (Å²) in [5.74, 6) is -0.904. The Balaban J connectivity index is 3.28. The predicted molar refractivity (Wildman–Crippen MR) is 53.2 cm³/mol. The second-order valence-electron chi connectivity index (χ2n) is 2.34. The Bertz CT molecular complexity index is 326. The third kappa shape index (κ3) is 2.27. The van der Waals surface area contributed by atoms with E-state index in [4.69, 9.17) is 34.8 Å². The van der Waals surface area contributed by atoms with Gasteiger partial charge in [0.05, 0.1) is 16.5 Å². The fourth-order valence-corrected chi connectivity index (χ4v) is 1.62. The molecule has 5 heteroatoms. The Morgan fingerprint density at radius 2 is 2.00 bits per heavy atom. The Labute approximate surface area is 90.0 Å². The van der Waals surface area contributed by atoms with Crippen LogP contribution in [0.1, 0.15) is 10.4 Å². The Hall–Kier alpha value is -0.440. The van der Waals surface area contributed by atoms with Crippen LogP contribution in [-0.4, -0.2) is 16.8 Å². The zero-order valence-corrected chi connectivity index (χ0v) is 8.62. The molecule has 0 aromatic heterocycles. The Kier molecular flexibility index (Phi) is 3.42. The molecule has 0 aliphatic heterocycles. The molecule has 0 fully saturated rings. The lowest BCUT2D eigenvalue weighted by atomic mass is 10.1. The minimum Gasteiger partial charge on any atom is -0.507 e. The number of rotatable bonds is 2. The van der Waals surface area contributed by atoms with Crippen LogP contribution >= 0.6 is 34.8 Å². The Morgan fingerprint density at radius 1 is 1.38 bits per heavy atom. The monoisotopic (exact) mass is 238 g/mol. The molecule has 1 rings (SSSR count). The minimum atomic E-state index is -0.430. The summed E-state index contributed by atoms with van der Waals surface area (Å²) in [5.41, 5.74) is 0.0149. The van der Waals surface area contributed by atoms with Gasteiger partial charge in [-0.15, -0.1) is 11.6 Å². The van der Waals surface area contributed by atoms with Crippen LogP contribution in [0.3, 0.4) is 0 Å². The van der Waals surface area contributed by atoms with Gasteiger partial charge < -0.3 is 5.11 Å². The van der Waals surface area contributed by atoms with Crippen LogP contribution in [0, 0.1) is 0 Å². The highest BCUT2D eigenvalue weighted by Crippen LogP contribution is 2.30. The highest BCUT2D eigenvalue weighted by atomic mass is 35.5. The molecule has 0 spiro atoms. The van der Waals surface area contributed by atoms with Crippen molar-refractivity contribution in [2.45, 2.75) is 0 Å². The molecule has 0 aliphatic carbocycles. The number of Topliss-reactive ketones (excluding diaryl/α,β-unsaturated/α-hetero) is 1. The zero-order chi connectivity index (χ0) is 10.0. The van der Waals surface area contributed by atoms with Crippen molar-refractivity contribution in [3.05, 3.63) is 27.7 Å². The van der Waals surface area contributed by atoms with E-state index in [2.05, 4.69) is 0 Å². The van der Waals surface area contributed by atoms with E-state index in [0.29, 0.717) is 0 Å². The van der Waals surface area contributed by atoms with Crippen LogP contribution < -0.4 is 0 Å². The Morgan fingerprint density at radius 3 is 2.46 bits per heavy atom. The minimum absolute atomic E-state index is 0.0149. The van der Waals surface area contributed by atoms with E-state index < -0.39 is 5.78 Å². The van der Waals surface area contributed by atoms with Crippen molar-refractivity contribution in [1.29, 1.82) is 0 Å². The van der Waals surface area contributed by atoms with Gasteiger partial charge in [-0.3, -0.25) is 4.79 Å². The van der Waals surface area contributed by atoms with E-state index in [9.17, 15) is 9.90 Å². The molecule has 0 saturated heterocycles. The molecule has 0 amide bonds. The molecule has 0 heterocycles. The van der Waals surface area contributed by atoms with Crippen LogP contribution in [-0.2, 0) is 0 Å². The van der Waals surface area contributed by atoms with E-state index in [-0.39, 0.29) is 27.2 Å². The summed E-state index contributed by atoms with van der Waals surface area (Å²) in [6, 6.07) is 2.62. The molecule has 0 saturated carbocycles. The fraction of sp³-hybridized carbons (Fsp3) is 0.125. The number of alkyl halides is 1. The van der Waals surface area contributed by atoms with Gasteiger partial charge in [0.15, 0.2) is 5.78 Å². The topological polar surface area (TPSA) is 37.3 Å². The summed E-state index contributed by atoms with van der Waals surface area (Å²) in [7, 11) is 0. The number of carbonyl (C=O) groups excluding carboxylic acids is 1. The lowest BCUT2D eigenvalue weighted by Crippen LogP contribution is -2.01. The number of halogens is 3. The molecule has 1 aromatic rings. The largest absolute Gasteiger partial charge is 0.507 e. The van der Waals surface area contributed by atoms with Crippen molar-refractivity contribution in [3.63, 3.8) is 0 Å². The van der Waals surface area contributed by atoms with Crippen molar-refractivity contribution in [2.24, 2.45) is 0 Å².